The number of carboxylic acids is 1. The lowest BCUT2D eigenvalue weighted by molar-refractivity contribution is -0.157. The van der Waals surface area contributed by atoms with Crippen LogP contribution in [0.2, 0.25) is 0 Å². The number of allylic oxidation sites excluding steroid dienone is 3. The van der Waals surface area contributed by atoms with E-state index < -0.39 is 58.9 Å². The fraction of sp³-hybridized carbons (Fsp3) is 0.329. The van der Waals surface area contributed by atoms with Crippen molar-refractivity contribution in [1.29, 1.82) is 0 Å². The summed E-state index contributed by atoms with van der Waals surface area (Å²) in [7, 11) is 4.12. The number of likely N-dealkylation sites (tertiary alicyclic amines) is 2. The molecule has 0 spiro atoms. The van der Waals surface area contributed by atoms with Crippen LogP contribution in [0, 0.1) is 22.7 Å². The first-order chi connectivity index (χ1) is 46.5. The van der Waals surface area contributed by atoms with E-state index >= 15 is 0 Å². The number of nitrogens with one attached hydrogen (secondary N) is 1. The Labute approximate surface area is 560 Å². The molecule has 3 aliphatic heterocycles. The standard InChI is InChI=1S/C27H29NO4.C26H27NO5.C22H25NO2.C4H2O3/c1-19(29)17-23-25(30)28(24-11-7-4-8-16-27(23,24)26(31)32-2)18-20-12-14-22(15-13-20)21-9-5-3-6-10-21;1-32-25(31)26-15-7-3-6-10-22(26)27(24(30)21(26)16-23(28)29)17-18-11-13-20(14-12-18)19-8-4-2-5-9-19;1-25-22(24)20-10-6-3-7-11-21(20)23-16-17-12-14-19(15-13-17)18-8-4-2-5-9-18;5-3-1-2-4(6)7-3/h3,5-6,9-15,23H,4,7-8,16-18H2,1-2H3;2,4-5,8-14,21H,3,6-7,15-17H2,1H3,(H,28,29);2,4-5,8-9,12-15,23H,3,6-7,10-11,16H2,1H3;1-2H/t23-,27-;21-,26-;;/m11../s1. The van der Waals surface area contributed by atoms with Crippen molar-refractivity contribution in [2.45, 2.75) is 123 Å². The number of aliphatic carboxylic acids is 1. The minimum atomic E-state index is -1.23. The molecule has 3 aliphatic carbocycles. The van der Waals surface area contributed by atoms with E-state index in [2.05, 4.69) is 70.7 Å². The van der Waals surface area contributed by atoms with E-state index in [1.807, 2.05) is 115 Å². The predicted octanol–water partition coefficient (Wildman–Crippen LogP) is 13.8. The molecular weight excluding hydrogens is 1210 g/mol. The van der Waals surface area contributed by atoms with Crippen LogP contribution < -0.4 is 5.32 Å². The number of hydrogen-bond donors (Lipinski definition) is 2. The van der Waals surface area contributed by atoms with Crippen molar-refractivity contribution in [1.82, 2.24) is 15.1 Å². The van der Waals surface area contributed by atoms with Gasteiger partial charge >= 0.3 is 35.8 Å². The number of ether oxygens (including phenoxy) is 4. The Morgan fingerprint density at radius 3 is 1.26 bits per heavy atom. The monoisotopic (exact) mass is 1300 g/mol. The van der Waals surface area contributed by atoms with Crippen molar-refractivity contribution in [2.75, 3.05) is 21.3 Å². The molecule has 6 aromatic carbocycles. The summed E-state index contributed by atoms with van der Waals surface area (Å²) < 4.78 is 19.3. The van der Waals surface area contributed by atoms with Gasteiger partial charge in [-0.15, -0.1) is 0 Å². The Morgan fingerprint density at radius 1 is 0.490 bits per heavy atom. The molecule has 3 heterocycles. The minimum absolute atomic E-state index is 0.0503. The Balaban J connectivity index is 0.000000161. The molecule has 498 valence electrons. The third-order valence-electron chi connectivity index (χ3n) is 18.6. The highest BCUT2D eigenvalue weighted by Gasteiger charge is 2.63. The minimum Gasteiger partial charge on any atom is -0.481 e. The number of carbonyl (C=O) groups excluding carboxylic acids is 8. The molecule has 0 unspecified atom stereocenters. The summed E-state index contributed by atoms with van der Waals surface area (Å²) >= 11 is 0. The first-order valence-electron chi connectivity index (χ1n) is 32.8. The van der Waals surface area contributed by atoms with Gasteiger partial charge in [-0.05, 0) is 121 Å². The lowest BCUT2D eigenvalue weighted by Gasteiger charge is -2.31. The van der Waals surface area contributed by atoms with Crippen LogP contribution in [0.3, 0.4) is 0 Å². The summed E-state index contributed by atoms with van der Waals surface area (Å²) in [6.07, 6.45) is 16.7. The highest BCUT2D eigenvalue weighted by atomic mass is 16.6. The van der Waals surface area contributed by atoms with Crippen LogP contribution in [0.5, 0.6) is 0 Å². The maximum Gasteiger partial charge on any atom is 0.338 e. The molecule has 17 nitrogen and oxygen atoms in total. The highest BCUT2D eigenvalue weighted by Crippen LogP contribution is 2.55. The molecule has 2 fully saturated rings. The number of benzene rings is 6. The maximum absolute atomic E-state index is 13.6. The molecule has 17 heteroatoms. The Kier molecular flexibility index (Phi) is 24.2. The summed E-state index contributed by atoms with van der Waals surface area (Å²) in [6, 6.07) is 55.2. The topological polar surface area (TPSA) is 229 Å². The van der Waals surface area contributed by atoms with Crippen molar-refractivity contribution < 1.29 is 67.2 Å². The van der Waals surface area contributed by atoms with Crippen molar-refractivity contribution in [2.24, 2.45) is 22.7 Å². The number of hydrogen-bond acceptors (Lipinski definition) is 14. The maximum atomic E-state index is 13.6. The third-order valence-corrected chi connectivity index (χ3v) is 18.6. The summed E-state index contributed by atoms with van der Waals surface area (Å²) in [5, 5.41) is 13.0. The van der Waals surface area contributed by atoms with Crippen LogP contribution in [0.1, 0.15) is 120 Å². The molecule has 2 amide bonds. The number of methoxy groups -OCH3 is 3. The largest absolute Gasteiger partial charge is 0.481 e. The average Bonchev–Trinajstić information content (AvgIpc) is 1.58. The number of carbonyl (C=O) groups is 9. The van der Waals surface area contributed by atoms with E-state index in [-0.39, 0.29) is 36.5 Å². The zero-order valence-electron chi connectivity index (χ0n) is 54.9. The van der Waals surface area contributed by atoms with Crippen LogP contribution >= 0.6 is 0 Å². The fourth-order valence-corrected chi connectivity index (χ4v) is 13.8. The lowest BCUT2D eigenvalue weighted by atomic mass is 9.70. The van der Waals surface area contributed by atoms with Gasteiger partial charge in [-0.3, -0.25) is 24.0 Å². The molecule has 12 rings (SSSR count). The number of esters is 5. The van der Waals surface area contributed by atoms with E-state index in [4.69, 9.17) is 14.2 Å². The van der Waals surface area contributed by atoms with Crippen LogP contribution in [-0.4, -0.2) is 89.6 Å². The molecule has 96 heavy (non-hydrogen) atoms. The number of cyclic esters (lactones) is 2. The van der Waals surface area contributed by atoms with Crippen molar-refractivity contribution in [3.63, 3.8) is 0 Å². The molecule has 0 aromatic heterocycles. The summed E-state index contributed by atoms with van der Waals surface area (Å²) in [5.74, 6) is -5.61. The van der Waals surface area contributed by atoms with Crippen molar-refractivity contribution in [3.8, 4) is 33.4 Å². The van der Waals surface area contributed by atoms with E-state index in [0.717, 1.165) is 134 Å². The van der Waals surface area contributed by atoms with Crippen LogP contribution in [0.25, 0.3) is 33.4 Å². The second kappa shape index (κ2) is 33.2. The zero-order valence-corrected chi connectivity index (χ0v) is 54.9. The Morgan fingerprint density at radius 2 is 0.885 bits per heavy atom. The summed E-state index contributed by atoms with van der Waals surface area (Å²) in [5.41, 5.74) is 10.8. The van der Waals surface area contributed by atoms with E-state index in [1.54, 1.807) is 9.80 Å². The Hall–Kier alpha value is -10.3. The number of carboxylic acid groups (broad SMARTS) is 1. The van der Waals surface area contributed by atoms with Gasteiger partial charge in [0.05, 0.1) is 58.2 Å². The zero-order chi connectivity index (χ0) is 68.2. The quantitative estimate of drug-likeness (QED) is 0.0491. The molecule has 0 bridgehead atoms. The predicted molar refractivity (Wildman–Crippen MR) is 362 cm³/mol. The smallest absolute Gasteiger partial charge is 0.338 e. The van der Waals surface area contributed by atoms with Gasteiger partial charge in [0.25, 0.3) is 0 Å². The van der Waals surface area contributed by atoms with Gasteiger partial charge in [0.1, 0.15) is 16.6 Å². The molecular formula is C79H83N3O14. The second-order valence-electron chi connectivity index (χ2n) is 24.7. The molecule has 4 atom stereocenters. The third kappa shape index (κ3) is 16.6. The van der Waals surface area contributed by atoms with E-state index in [1.165, 1.54) is 44.9 Å². The molecule has 0 radical (unpaired) electrons. The molecule has 6 aliphatic rings. The number of fused-ring (bicyclic) bond motifs is 2. The van der Waals surface area contributed by atoms with Crippen LogP contribution in [0.15, 0.2) is 211 Å². The number of amides is 2. The van der Waals surface area contributed by atoms with E-state index in [0.29, 0.717) is 30.8 Å². The number of ketones is 1. The first-order valence-corrected chi connectivity index (χ1v) is 32.8. The summed E-state index contributed by atoms with van der Waals surface area (Å²) in [4.78, 5) is 112. The van der Waals surface area contributed by atoms with E-state index in [9.17, 15) is 48.3 Å². The number of Topliss-reactive ketones (excluding diaryl/α,β-unsaturated/α-hetero) is 1. The van der Waals surface area contributed by atoms with Crippen LogP contribution in [0.4, 0.5) is 0 Å². The summed E-state index contributed by atoms with van der Waals surface area (Å²) in [6.45, 7) is 2.86. The molecule has 0 saturated carbocycles. The second-order valence-corrected chi connectivity index (χ2v) is 24.7. The van der Waals surface area contributed by atoms with Crippen LogP contribution in [-0.2, 0) is 81.7 Å². The highest BCUT2D eigenvalue weighted by molar-refractivity contribution is 6.05. The Bertz CT molecular complexity index is 3710. The molecule has 2 N–H and O–H groups in total. The van der Waals surface area contributed by atoms with Gasteiger partial charge in [0.2, 0.25) is 11.8 Å². The fourth-order valence-electron chi connectivity index (χ4n) is 13.8. The normalized spacial score (nSPS) is 20.2. The lowest BCUT2D eigenvalue weighted by Crippen LogP contribution is -2.40. The molecule has 6 aromatic rings. The molecule has 2 saturated heterocycles. The first kappa shape index (κ1) is 70.0. The van der Waals surface area contributed by atoms with Gasteiger partial charge in [0, 0.05) is 42.2 Å². The van der Waals surface area contributed by atoms with Gasteiger partial charge in [-0.1, -0.05) is 195 Å². The van der Waals surface area contributed by atoms with Crippen molar-refractivity contribution >= 4 is 53.4 Å². The van der Waals surface area contributed by atoms with Gasteiger partial charge in [0.15, 0.2) is 0 Å². The average molecular weight is 1300 g/mol. The number of rotatable bonds is 17. The number of nitrogens with zero attached hydrogens (tertiary/aromatic N) is 2. The SMILES string of the molecule is COC(=O)C1=C(NCc2ccc(-c3ccccc3)cc2)CCCCC1.COC(=O)[C@@]12CCCCC=C1N(Cc1ccc(-c3ccccc3)cc1)C(=O)[C@H]2CC(=O)O.COC(=O)[C@@]12CCCCC=C1N(Cc1ccc(-c3ccccc3)cc1)C(=O)[C@H]2CC(C)=O.O=C1C=CC(=O)O1. The van der Waals surface area contributed by atoms with Gasteiger partial charge < -0.3 is 44.0 Å². The van der Waals surface area contributed by atoms with Gasteiger partial charge in [-0.2, -0.15) is 0 Å². The van der Waals surface area contributed by atoms with Crippen molar-refractivity contribution in [3.05, 3.63) is 227 Å². The van der Waals surface area contributed by atoms with Gasteiger partial charge in [-0.25, -0.2) is 14.4 Å².